The third kappa shape index (κ3) is 3.76. The van der Waals surface area contributed by atoms with Gasteiger partial charge in [-0.1, -0.05) is 13.8 Å². The Kier molecular flexibility index (Phi) is 4.67. The lowest BCUT2D eigenvalue weighted by Crippen LogP contribution is -2.19. The first-order valence-corrected chi connectivity index (χ1v) is 8.84. The van der Waals surface area contributed by atoms with Crippen LogP contribution in [0.2, 0.25) is 0 Å². The molecule has 1 aliphatic carbocycles. The van der Waals surface area contributed by atoms with E-state index >= 15 is 0 Å². The number of aryl methyl sites for hydroxylation is 2. The second-order valence-corrected chi connectivity index (χ2v) is 7.35. The number of nitrogens with one attached hydrogen (secondary N) is 1. The largest absolute Gasteiger partial charge is 0.456 e. The van der Waals surface area contributed by atoms with Gasteiger partial charge in [0, 0.05) is 11.3 Å². The van der Waals surface area contributed by atoms with Crippen LogP contribution in [0.3, 0.4) is 0 Å². The first-order valence-electron chi connectivity index (χ1n) is 8.84. The zero-order valence-electron chi connectivity index (χ0n) is 15.3. The molecule has 0 radical (unpaired) electrons. The van der Waals surface area contributed by atoms with Gasteiger partial charge in [0.15, 0.2) is 0 Å². The van der Waals surface area contributed by atoms with Gasteiger partial charge in [-0.15, -0.1) is 0 Å². The molecule has 1 aromatic heterocycles. The van der Waals surface area contributed by atoms with Crippen molar-refractivity contribution in [1.82, 2.24) is 4.98 Å². The average Bonchev–Trinajstić information content (AvgIpc) is 3.34. The van der Waals surface area contributed by atoms with Gasteiger partial charge in [0.25, 0.3) is 5.56 Å². The molecule has 4 nitrogen and oxygen atoms in total. The van der Waals surface area contributed by atoms with Crippen molar-refractivity contribution in [3.8, 4) is 17.6 Å². The summed E-state index contributed by atoms with van der Waals surface area (Å²) < 4.78 is 6.24. The summed E-state index contributed by atoms with van der Waals surface area (Å²) in [7, 11) is 0. The monoisotopic (exact) mass is 336 g/mol. The fraction of sp³-hybridized carbons (Fsp3) is 0.429. The molecule has 1 heterocycles. The molecule has 0 amide bonds. The van der Waals surface area contributed by atoms with E-state index in [0.29, 0.717) is 28.5 Å². The molecule has 3 rings (SSSR count). The zero-order valence-corrected chi connectivity index (χ0v) is 15.3. The molecule has 1 saturated carbocycles. The third-order valence-electron chi connectivity index (χ3n) is 4.68. The highest BCUT2D eigenvalue weighted by atomic mass is 16.5. The van der Waals surface area contributed by atoms with E-state index in [-0.39, 0.29) is 11.5 Å². The van der Waals surface area contributed by atoms with Crippen molar-refractivity contribution in [1.29, 1.82) is 5.26 Å². The summed E-state index contributed by atoms with van der Waals surface area (Å²) in [6, 6.07) is 7.62. The lowest BCUT2D eigenvalue weighted by Gasteiger charge is -2.19. The number of aromatic nitrogens is 1. The normalized spacial score (nSPS) is 13.8. The Morgan fingerprint density at radius 3 is 2.60 bits per heavy atom. The van der Waals surface area contributed by atoms with E-state index in [1.165, 1.54) is 12.8 Å². The minimum Gasteiger partial charge on any atom is -0.456 e. The Morgan fingerprint density at radius 2 is 2.00 bits per heavy atom. The van der Waals surface area contributed by atoms with Crippen molar-refractivity contribution in [2.75, 3.05) is 0 Å². The third-order valence-corrected chi connectivity index (χ3v) is 4.68. The van der Waals surface area contributed by atoms with Gasteiger partial charge >= 0.3 is 0 Å². The minimum absolute atomic E-state index is 0.0533. The molecule has 1 N–H and O–H groups in total. The Bertz CT molecular complexity index is 899. The molecule has 1 fully saturated rings. The molecule has 1 aromatic carbocycles. The Balaban J connectivity index is 2.13. The molecule has 0 saturated heterocycles. The van der Waals surface area contributed by atoms with Crippen LogP contribution in [-0.4, -0.2) is 4.98 Å². The summed E-state index contributed by atoms with van der Waals surface area (Å²) in [4.78, 5) is 15.5. The standard InChI is InChI=1S/C21H24N2O2/c1-12(2)19-20(25-17-8-13(3)7-16(9-17)11-22)18(10-15-5-6-15)14(4)23-21(19)24/h7-9,12,15H,5-6,10H2,1-4H3,(H,23,24). The lowest BCUT2D eigenvalue weighted by atomic mass is 9.97. The summed E-state index contributed by atoms with van der Waals surface area (Å²) in [5, 5.41) is 9.20. The van der Waals surface area contributed by atoms with Crippen LogP contribution < -0.4 is 10.3 Å². The Hall–Kier alpha value is -2.54. The second-order valence-electron chi connectivity index (χ2n) is 7.35. The highest BCUT2D eigenvalue weighted by Gasteiger charge is 2.27. The van der Waals surface area contributed by atoms with E-state index in [2.05, 4.69) is 11.1 Å². The maximum Gasteiger partial charge on any atom is 0.255 e. The molecule has 130 valence electrons. The van der Waals surface area contributed by atoms with Crippen molar-refractivity contribution >= 4 is 0 Å². The van der Waals surface area contributed by atoms with Gasteiger partial charge in [0.05, 0.1) is 17.2 Å². The predicted molar refractivity (Wildman–Crippen MR) is 98.3 cm³/mol. The number of hydrogen-bond acceptors (Lipinski definition) is 3. The van der Waals surface area contributed by atoms with E-state index in [9.17, 15) is 10.1 Å². The van der Waals surface area contributed by atoms with E-state index in [4.69, 9.17) is 4.74 Å². The van der Waals surface area contributed by atoms with Crippen LogP contribution in [0.5, 0.6) is 11.5 Å². The van der Waals surface area contributed by atoms with Crippen molar-refractivity contribution in [2.45, 2.75) is 52.9 Å². The van der Waals surface area contributed by atoms with Crippen LogP contribution in [0.25, 0.3) is 0 Å². The van der Waals surface area contributed by atoms with E-state index in [1.54, 1.807) is 6.07 Å². The van der Waals surface area contributed by atoms with E-state index in [0.717, 1.165) is 23.2 Å². The number of pyridine rings is 1. The van der Waals surface area contributed by atoms with Crippen molar-refractivity contribution < 1.29 is 4.74 Å². The summed E-state index contributed by atoms with van der Waals surface area (Å²) in [6.45, 7) is 7.88. The number of aromatic amines is 1. The van der Waals surface area contributed by atoms with Gasteiger partial charge < -0.3 is 9.72 Å². The first-order chi connectivity index (χ1) is 11.9. The molecule has 4 heteroatoms. The van der Waals surface area contributed by atoms with E-state index < -0.39 is 0 Å². The van der Waals surface area contributed by atoms with Crippen molar-refractivity contribution in [3.05, 3.63) is 56.5 Å². The second kappa shape index (κ2) is 6.76. The summed E-state index contributed by atoms with van der Waals surface area (Å²) in [5.74, 6) is 2.02. The smallest absolute Gasteiger partial charge is 0.255 e. The number of nitrogens with zero attached hydrogens (tertiary/aromatic N) is 1. The number of rotatable bonds is 5. The van der Waals surface area contributed by atoms with Gasteiger partial charge in [0.1, 0.15) is 11.5 Å². The van der Waals surface area contributed by atoms with E-state index in [1.807, 2.05) is 39.8 Å². The number of ether oxygens (including phenoxy) is 1. The van der Waals surface area contributed by atoms with Gasteiger partial charge in [-0.05, 0) is 68.7 Å². The molecule has 0 atom stereocenters. The highest BCUT2D eigenvalue weighted by molar-refractivity contribution is 5.49. The van der Waals surface area contributed by atoms with Gasteiger partial charge in [-0.25, -0.2) is 0 Å². The molecule has 0 aliphatic heterocycles. The number of H-pyrrole nitrogens is 1. The maximum atomic E-state index is 12.5. The number of nitriles is 1. The van der Waals surface area contributed by atoms with Gasteiger partial charge in [-0.2, -0.15) is 5.26 Å². The molecule has 1 aliphatic rings. The quantitative estimate of drug-likeness (QED) is 0.858. The summed E-state index contributed by atoms with van der Waals surface area (Å²) >= 11 is 0. The van der Waals surface area contributed by atoms with Crippen LogP contribution in [0.15, 0.2) is 23.0 Å². The van der Waals surface area contributed by atoms with Crippen LogP contribution in [0.4, 0.5) is 0 Å². The Labute approximate surface area is 148 Å². The highest BCUT2D eigenvalue weighted by Crippen LogP contribution is 2.39. The van der Waals surface area contributed by atoms with Gasteiger partial charge in [-0.3, -0.25) is 4.79 Å². The average molecular weight is 336 g/mol. The predicted octanol–water partition coefficient (Wildman–Crippen LogP) is 4.73. The minimum atomic E-state index is -0.0878. The van der Waals surface area contributed by atoms with Crippen LogP contribution in [0, 0.1) is 31.1 Å². The molecule has 0 spiro atoms. The molecular weight excluding hydrogens is 312 g/mol. The number of hydrogen-bond donors (Lipinski definition) is 1. The molecule has 2 aromatic rings. The topological polar surface area (TPSA) is 65.9 Å². The zero-order chi connectivity index (χ0) is 18.1. The lowest BCUT2D eigenvalue weighted by molar-refractivity contribution is 0.460. The van der Waals surface area contributed by atoms with Crippen molar-refractivity contribution in [3.63, 3.8) is 0 Å². The molecule has 0 bridgehead atoms. The summed E-state index contributed by atoms with van der Waals surface area (Å²) in [5.41, 5.74) is 4.09. The van der Waals surface area contributed by atoms with Crippen LogP contribution in [-0.2, 0) is 6.42 Å². The van der Waals surface area contributed by atoms with Crippen LogP contribution in [0.1, 0.15) is 60.6 Å². The fourth-order valence-corrected chi connectivity index (χ4v) is 3.24. The SMILES string of the molecule is Cc1cc(C#N)cc(Oc2c(CC3CC3)c(C)[nH]c(=O)c2C(C)C)c1. The maximum absolute atomic E-state index is 12.5. The fourth-order valence-electron chi connectivity index (χ4n) is 3.24. The molecule has 25 heavy (non-hydrogen) atoms. The first kappa shape index (κ1) is 17.3. The molecular formula is C21H24N2O2. The molecule has 0 unspecified atom stereocenters. The summed E-state index contributed by atoms with van der Waals surface area (Å²) in [6.07, 6.45) is 3.39. The Morgan fingerprint density at radius 1 is 1.28 bits per heavy atom. The number of benzene rings is 1. The van der Waals surface area contributed by atoms with Crippen LogP contribution >= 0.6 is 0 Å². The van der Waals surface area contributed by atoms with Crippen molar-refractivity contribution in [2.24, 2.45) is 5.92 Å². The van der Waals surface area contributed by atoms with Gasteiger partial charge in [0.2, 0.25) is 0 Å².